The van der Waals surface area contributed by atoms with E-state index in [1.54, 1.807) is 55.6 Å². The van der Waals surface area contributed by atoms with Gasteiger partial charge in [-0.2, -0.15) is 0 Å². The lowest BCUT2D eigenvalue weighted by Gasteiger charge is -2.10. The molecule has 0 aromatic heterocycles. The van der Waals surface area contributed by atoms with Crippen LogP contribution in [0.2, 0.25) is 5.02 Å². The first-order valence-corrected chi connectivity index (χ1v) is 10.5. The van der Waals surface area contributed by atoms with Crippen LogP contribution in [0.4, 0.5) is 0 Å². The summed E-state index contributed by atoms with van der Waals surface area (Å²) in [5.41, 5.74) is 1.18. The third-order valence-corrected chi connectivity index (χ3v) is 5.16. The number of halogens is 1. The Morgan fingerprint density at radius 1 is 1.00 bits per heavy atom. The van der Waals surface area contributed by atoms with Crippen LogP contribution in [0.15, 0.2) is 53.4 Å². The first kappa shape index (κ1) is 23.7. The quantitative estimate of drug-likeness (QED) is 0.310. The van der Waals surface area contributed by atoms with Gasteiger partial charge in [-0.3, -0.25) is 9.59 Å². The highest BCUT2D eigenvalue weighted by Crippen LogP contribution is 2.23. The molecule has 2 aromatic rings. The van der Waals surface area contributed by atoms with Gasteiger partial charge in [0.1, 0.15) is 0 Å². The van der Waals surface area contributed by atoms with E-state index in [2.05, 4.69) is 10.6 Å². The van der Waals surface area contributed by atoms with Gasteiger partial charge in [-0.1, -0.05) is 35.9 Å². The number of esters is 1. The number of hydrogen-bond donors (Lipinski definition) is 2. The van der Waals surface area contributed by atoms with Gasteiger partial charge in [0.15, 0.2) is 6.61 Å². The Balaban J connectivity index is 1.81. The lowest BCUT2D eigenvalue weighted by atomic mass is 10.2. The number of nitrogens with one attached hydrogen (secondary N) is 2. The molecule has 2 rings (SSSR count). The molecule has 2 amide bonds. The van der Waals surface area contributed by atoms with Gasteiger partial charge in [0.05, 0.1) is 17.9 Å². The molecule has 0 heterocycles. The fourth-order valence-corrected chi connectivity index (χ4v) is 3.31. The molecule has 0 aliphatic rings. The molecule has 2 aromatic carbocycles. The lowest BCUT2D eigenvalue weighted by molar-refractivity contribution is -0.124. The second-order valence-corrected chi connectivity index (χ2v) is 7.56. The van der Waals surface area contributed by atoms with Crippen molar-refractivity contribution < 1.29 is 23.9 Å². The van der Waals surface area contributed by atoms with Gasteiger partial charge in [0.25, 0.3) is 5.91 Å². The Hall–Kier alpha value is -2.55. The number of amides is 2. The Kier molecular flexibility index (Phi) is 10.2. The minimum Gasteiger partial charge on any atom is -0.452 e. The van der Waals surface area contributed by atoms with Crippen molar-refractivity contribution in [3.63, 3.8) is 0 Å². The molecule has 9 heteroatoms. The maximum atomic E-state index is 12.4. The van der Waals surface area contributed by atoms with Crippen LogP contribution in [0, 0.1) is 0 Å². The third kappa shape index (κ3) is 8.44. The van der Waals surface area contributed by atoms with Crippen LogP contribution in [0.5, 0.6) is 0 Å². The van der Waals surface area contributed by atoms with Crippen LogP contribution in [0.25, 0.3) is 0 Å². The second-order valence-electron chi connectivity index (χ2n) is 6.11. The molecule has 30 heavy (non-hydrogen) atoms. The zero-order valence-electron chi connectivity index (χ0n) is 16.5. The molecule has 0 aliphatic carbocycles. The van der Waals surface area contributed by atoms with Crippen molar-refractivity contribution >= 4 is 41.1 Å². The van der Waals surface area contributed by atoms with Gasteiger partial charge in [-0.15, -0.1) is 11.8 Å². The molecule has 0 spiro atoms. The van der Waals surface area contributed by atoms with Gasteiger partial charge >= 0.3 is 5.97 Å². The maximum Gasteiger partial charge on any atom is 0.339 e. The molecule has 0 fully saturated rings. The molecule has 0 bridgehead atoms. The van der Waals surface area contributed by atoms with E-state index in [-0.39, 0.29) is 11.7 Å². The van der Waals surface area contributed by atoms with Gasteiger partial charge in [0, 0.05) is 30.1 Å². The largest absolute Gasteiger partial charge is 0.452 e. The third-order valence-electron chi connectivity index (χ3n) is 3.83. The number of benzene rings is 2. The fraction of sp³-hybridized carbons (Fsp3) is 0.286. The molecule has 0 radical (unpaired) electrons. The molecule has 0 unspecified atom stereocenters. The molecule has 7 nitrogen and oxygen atoms in total. The van der Waals surface area contributed by atoms with E-state index in [0.29, 0.717) is 35.2 Å². The highest BCUT2D eigenvalue weighted by molar-refractivity contribution is 8.00. The van der Waals surface area contributed by atoms with E-state index in [1.807, 2.05) is 0 Å². The summed E-state index contributed by atoms with van der Waals surface area (Å²) in [5, 5.41) is 6.00. The predicted molar refractivity (Wildman–Crippen MR) is 116 cm³/mol. The topological polar surface area (TPSA) is 93.7 Å². The number of ether oxygens (including phenoxy) is 2. The molecule has 160 valence electrons. The smallest absolute Gasteiger partial charge is 0.339 e. The molecular formula is C21H23ClN2O5S. The molecule has 0 aliphatic heterocycles. The average Bonchev–Trinajstić information content (AvgIpc) is 2.76. The second kappa shape index (κ2) is 12.9. The van der Waals surface area contributed by atoms with Crippen molar-refractivity contribution in [1.29, 1.82) is 0 Å². The molecule has 2 N–H and O–H groups in total. The van der Waals surface area contributed by atoms with Crippen LogP contribution in [-0.2, 0) is 25.6 Å². The molecule has 0 saturated heterocycles. The molecule has 0 atom stereocenters. The Morgan fingerprint density at radius 3 is 2.47 bits per heavy atom. The molecular weight excluding hydrogens is 428 g/mol. The van der Waals surface area contributed by atoms with E-state index in [1.165, 1.54) is 11.8 Å². The van der Waals surface area contributed by atoms with Crippen LogP contribution < -0.4 is 10.6 Å². The van der Waals surface area contributed by atoms with Crippen molar-refractivity contribution in [1.82, 2.24) is 10.6 Å². The average molecular weight is 451 g/mol. The number of carbonyl (C=O) groups excluding carboxylic acids is 3. The summed E-state index contributed by atoms with van der Waals surface area (Å²) in [5.74, 6) is -1.06. The predicted octanol–water partition coefficient (Wildman–Crippen LogP) is 2.67. The SMILES string of the molecule is COCCNC(=O)CSc1ccccc1C(=O)OCC(=O)NCc1ccc(Cl)cc1. The standard InChI is InChI=1S/C21H23ClN2O5S/c1-28-11-10-23-20(26)14-30-18-5-3-2-4-17(18)21(27)29-13-19(25)24-12-15-6-8-16(22)9-7-15/h2-9H,10-14H2,1H3,(H,23,26)(H,24,25). The van der Waals surface area contributed by atoms with E-state index in [4.69, 9.17) is 21.1 Å². The van der Waals surface area contributed by atoms with Gasteiger partial charge < -0.3 is 20.1 Å². The first-order chi connectivity index (χ1) is 14.5. The van der Waals surface area contributed by atoms with E-state index < -0.39 is 18.5 Å². The van der Waals surface area contributed by atoms with Crippen molar-refractivity contribution in [2.45, 2.75) is 11.4 Å². The van der Waals surface area contributed by atoms with Gasteiger partial charge in [0.2, 0.25) is 5.91 Å². The van der Waals surface area contributed by atoms with E-state index in [0.717, 1.165) is 5.56 Å². The normalized spacial score (nSPS) is 10.3. The van der Waals surface area contributed by atoms with Crippen LogP contribution in [0.1, 0.15) is 15.9 Å². The van der Waals surface area contributed by atoms with Gasteiger partial charge in [-0.25, -0.2) is 4.79 Å². The van der Waals surface area contributed by atoms with E-state index >= 15 is 0 Å². The minimum absolute atomic E-state index is 0.148. The van der Waals surface area contributed by atoms with Crippen molar-refractivity contribution in [3.05, 3.63) is 64.7 Å². The summed E-state index contributed by atoms with van der Waals surface area (Å²) in [6.45, 7) is 0.755. The first-order valence-electron chi connectivity index (χ1n) is 9.15. The zero-order valence-corrected chi connectivity index (χ0v) is 18.1. The van der Waals surface area contributed by atoms with Crippen molar-refractivity contribution in [2.24, 2.45) is 0 Å². The van der Waals surface area contributed by atoms with E-state index in [9.17, 15) is 14.4 Å². The lowest BCUT2D eigenvalue weighted by Crippen LogP contribution is -2.29. The summed E-state index contributed by atoms with van der Waals surface area (Å²) in [6, 6.07) is 13.8. The summed E-state index contributed by atoms with van der Waals surface area (Å²) in [6.07, 6.45) is 0. The molecule has 0 saturated carbocycles. The monoisotopic (exact) mass is 450 g/mol. The summed E-state index contributed by atoms with van der Waals surface area (Å²) >= 11 is 7.04. The van der Waals surface area contributed by atoms with Crippen LogP contribution in [0.3, 0.4) is 0 Å². The zero-order chi connectivity index (χ0) is 21.8. The summed E-state index contributed by atoms with van der Waals surface area (Å²) in [4.78, 5) is 36.8. The van der Waals surface area contributed by atoms with Crippen LogP contribution >= 0.6 is 23.4 Å². The number of thioether (sulfide) groups is 1. The highest BCUT2D eigenvalue weighted by Gasteiger charge is 2.15. The summed E-state index contributed by atoms with van der Waals surface area (Å²) in [7, 11) is 1.56. The highest BCUT2D eigenvalue weighted by atomic mass is 35.5. The number of carbonyl (C=O) groups is 3. The fourth-order valence-electron chi connectivity index (χ4n) is 2.31. The Labute approximate surface area is 184 Å². The van der Waals surface area contributed by atoms with Crippen molar-refractivity contribution in [3.8, 4) is 0 Å². The van der Waals surface area contributed by atoms with Crippen molar-refractivity contribution in [2.75, 3.05) is 32.6 Å². The van der Waals surface area contributed by atoms with Gasteiger partial charge in [-0.05, 0) is 29.8 Å². The minimum atomic E-state index is -0.625. The number of methoxy groups -OCH3 is 1. The maximum absolute atomic E-state index is 12.4. The Morgan fingerprint density at radius 2 is 1.73 bits per heavy atom. The Bertz CT molecular complexity index is 861. The summed E-state index contributed by atoms with van der Waals surface area (Å²) < 4.78 is 10.0. The number of rotatable bonds is 11. The number of hydrogen-bond acceptors (Lipinski definition) is 6. The van der Waals surface area contributed by atoms with Crippen LogP contribution in [-0.4, -0.2) is 50.4 Å².